The Morgan fingerprint density at radius 2 is 1.64 bits per heavy atom. The van der Waals surface area contributed by atoms with Crippen molar-refractivity contribution in [2.45, 2.75) is 31.8 Å². The van der Waals surface area contributed by atoms with E-state index in [1.165, 1.54) is 5.56 Å². The number of nitrogens with zero attached hydrogens (tertiary/aromatic N) is 4. The zero-order valence-corrected chi connectivity index (χ0v) is 19.1. The van der Waals surface area contributed by atoms with Gasteiger partial charge in [-0.1, -0.05) is 42.5 Å². The normalized spacial score (nSPS) is 23.0. The number of carbonyl (C=O) groups excluding carboxylic acids is 3. The highest BCUT2D eigenvalue weighted by atomic mass is 16.2. The fourth-order valence-electron chi connectivity index (χ4n) is 5.33. The van der Waals surface area contributed by atoms with E-state index in [0.29, 0.717) is 37.2 Å². The molecule has 3 aliphatic rings. The fourth-order valence-corrected chi connectivity index (χ4v) is 5.33. The number of amides is 3. The van der Waals surface area contributed by atoms with Gasteiger partial charge in [-0.15, -0.1) is 0 Å². The molecule has 0 spiro atoms. The van der Waals surface area contributed by atoms with Gasteiger partial charge in [-0.25, -0.2) is 0 Å². The molecule has 33 heavy (non-hydrogen) atoms. The van der Waals surface area contributed by atoms with Crippen LogP contribution in [0.3, 0.4) is 0 Å². The van der Waals surface area contributed by atoms with Crippen molar-refractivity contribution in [3.63, 3.8) is 0 Å². The second-order valence-electron chi connectivity index (χ2n) is 9.31. The molecule has 1 atom stereocenters. The highest BCUT2D eigenvalue weighted by Crippen LogP contribution is 2.43. The lowest BCUT2D eigenvalue weighted by Gasteiger charge is -2.49. The molecule has 5 rings (SSSR count). The van der Waals surface area contributed by atoms with Crippen molar-refractivity contribution in [3.05, 3.63) is 65.7 Å². The van der Waals surface area contributed by atoms with Gasteiger partial charge < -0.3 is 9.80 Å². The van der Waals surface area contributed by atoms with Gasteiger partial charge in [-0.05, 0) is 37.5 Å². The van der Waals surface area contributed by atoms with Gasteiger partial charge in [0.25, 0.3) is 5.91 Å². The summed E-state index contributed by atoms with van der Waals surface area (Å²) in [7, 11) is 0. The van der Waals surface area contributed by atoms with Crippen LogP contribution in [0.4, 0.5) is 5.69 Å². The molecule has 1 unspecified atom stereocenters. The number of hydrogen-bond acceptors (Lipinski definition) is 4. The molecule has 2 saturated heterocycles. The number of para-hydroxylation sites is 1. The Bertz CT molecular complexity index is 1060. The SMILES string of the molecule is CC12CCC(=O)N1c1ccccc1C(=O)N2CC(=O)N1CCN(CCc2ccccc2)CC1. The van der Waals surface area contributed by atoms with Crippen LogP contribution in [0, 0.1) is 0 Å². The summed E-state index contributed by atoms with van der Waals surface area (Å²) in [5.74, 6) is -0.221. The monoisotopic (exact) mass is 446 g/mol. The van der Waals surface area contributed by atoms with Crippen LogP contribution in [-0.2, 0) is 16.0 Å². The topological polar surface area (TPSA) is 64.2 Å². The van der Waals surface area contributed by atoms with Gasteiger partial charge in [0.15, 0.2) is 0 Å². The molecule has 0 bridgehead atoms. The van der Waals surface area contributed by atoms with E-state index in [1.807, 2.05) is 30.0 Å². The Kier molecular flexibility index (Phi) is 5.66. The minimum atomic E-state index is -0.796. The van der Waals surface area contributed by atoms with E-state index < -0.39 is 5.66 Å². The first-order valence-electron chi connectivity index (χ1n) is 11.8. The molecule has 7 heteroatoms. The quantitative estimate of drug-likeness (QED) is 0.708. The van der Waals surface area contributed by atoms with E-state index in [4.69, 9.17) is 0 Å². The van der Waals surface area contributed by atoms with Crippen molar-refractivity contribution >= 4 is 23.4 Å². The van der Waals surface area contributed by atoms with Gasteiger partial charge in [0.05, 0.1) is 11.3 Å². The molecule has 3 amide bonds. The summed E-state index contributed by atoms with van der Waals surface area (Å²) < 4.78 is 0. The second-order valence-corrected chi connectivity index (χ2v) is 9.31. The minimum Gasteiger partial charge on any atom is -0.339 e. The number of rotatable bonds is 5. The Balaban J connectivity index is 1.24. The third-order valence-corrected chi connectivity index (χ3v) is 7.32. The maximum absolute atomic E-state index is 13.4. The predicted molar refractivity (Wildman–Crippen MR) is 126 cm³/mol. The van der Waals surface area contributed by atoms with Crippen LogP contribution in [-0.4, -0.2) is 77.4 Å². The molecule has 172 valence electrons. The molecule has 7 nitrogen and oxygen atoms in total. The molecule has 2 fully saturated rings. The standard InChI is InChI=1S/C26H30N4O3/c1-26-13-11-23(31)30(26)22-10-6-5-9-21(22)25(33)29(26)19-24(32)28-17-15-27(16-18-28)14-12-20-7-3-2-4-8-20/h2-10H,11-19H2,1H3. The van der Waals surface area contributed by atoms with E-state index in [-0.39, 0.29) is 24.3 Å². The lowest BCUT2D eigenvalue weighted by Crippen LogP contribution is -2.64. The molecular formula is C26H30N4O3. The number of benzene rings is 2. The van der Waals surface area contributed by atoms with Gasteiger partial charge >= 0.3 is 0 Å². The molecule has 3 heterocycles. The second kappa shape index (κ2) is 8.63. The number of fused-ring (bicyclic) bond motifs is 3. The highest BCUT2D eigenvalue weighted by Gasteiger charge is 2.53. The molecule has 0 N–H and O–H groups in total. The summed E-state index contributed by atoms with van der Waals surface area (Å²) in [5, 5.41) is 0. The van der Waals surface area contributed by atoms with Gasteiger partial charge in [0.2, 0.25) is 11.8 Å². The predicted octanol–water partition coefficient (Wildman–Crippen LogP) is 2.37. The van der Waals surface area contributed by atoms with Crippen LogP contribution in [0.1, 0.15) is 35.7 Å². The third-order valence-electron chi connectivity index (χ3n) is 7.32. The Labute approximate surface area is 194 Å². The summed E-state index contributed by atoms with van der Waals surface area (Å²) >= 11 is 0. The minimum absolute atomic E-state index is 0.00179. The van der Waals surface area contributed by atoms with Gasteiger partial charge in [0.1, 0.15) is 12.2 Å². The molecule has 0 radical (unpaired) electrons. The van der Waals surface area contributed by atoms with E-state index in [2.05, 4.69) is 29.2 Å². The average molecular weight is 447 g/mol. The first-order chi connectivity index (χ1) is 16.0. The fraction of sp³-hybridized carbons (Fsp3) is 0.423. The van der Waals surface area contributed by atoms with E-state index in [0.717, 1.165) is 26.1 Å². The smallest absolute Gasteiger partial charge is 0.258 e. The molecule has 2 aromatic carbocycles. The number of piperazine rings is 1. The molecule has 0 saturated carbocycles. The maximum atomic E-state index is 13.4. The molecule has 2 aromatic rings. The average Bonchev–Trinajstić information content (AvgIpc) is 3.16. The summed E-state index contributed by atoms with van der Waals surface area (Å²) in [6.07, 6.45) is 1.91. The van der Waals surface area contributed by atoms with Crippen LogP contribution < -0.4 is 4.90 Å². The largest absolute Gasteiger partial charge is 0.339 e. The summed E-state index contributed by atoms with van der Waals surface area (Å²) in [6, 6.07) is 17.6. The zero-order chi connectivity index (χ0) is 23.0. The van der Waals surface area contributed by atoms with Crippen LogP contribution in [0.2, 0.25) is 0 Å². The lowest BCUT2D eigenvalue weighted by molar-refractivity contribution is -0.135. The van der Waals surface area contributed by atoms with Gasteiger partial charge in [-0.3, -0.25) is 24.2 Å². The number of hydrogen-bond donors (Lipinski definition) is 0. The van der Waals surface area contributed by atoms with Crippen molar-refractivity contribution in [2.24, 2.45) is 0 Å². The van der Waals surface area contributed by atoms with E-state index in [1.54, 1.807) is 21.9 Å². The number of carbonyl (C=O) groups is 3. The molecule has 0 aliphatic carbocycles. The van der Waals surface area contributed by atoms with Crippen molar-refractivity contribution in [2.75, 3.05) is 44.2 Å². The Hall–Kier alpha value is -3.19. The third kappa shape index (κ3) is 3.91. The van der Waals surface area contributed by atoms with Crippen LogP contribution in [0.25, 0.3) is 0 Å². The van der Waals surface area contributed by atoms with Crippen molar-refractivity contribution in [1.82, 2.24) is 14.7 Å². The molecule has 0 aromatic heterocycles. The first-order valence-corrected chi connectivity index (χ1v) is 11.8. The van der Waals surface area contributed by atoms with Crippen molar-refractivity contribution in [1.29, 1.82) is 0 Å². The Morgan fingerprint density at radius 1 is 0.939 bits per heavy atom. The maximum Gasteiger partial charge on any atom is 0.258 e. The van der Waals surface area contributed by atoms with Crippen molar-refractivity contribution in [3.8, 4) is 0 Å². The van der Waals surface area contributed by atoms with Gasteiger partial charge in [-0.2, -0.15) is 0 Å². The lowest BCUT2D eigenvalue weighted by atomic mass is 9.98. The number of anilines is 1. The zero-order valence-electron chi connectivity index (χ0n) is 19.1. The highest BCUT2D eigenvalue weighted by molar-refractivity contribution is 6.11. The van der Waals surface area contributed by atoms with E-state index in [9.17, 15) is 14.4 Å². The van der Waals surface area contributed by atoms with Crippen molar-refractivity contribution < 1.29 is 14.4 Å². The Morgan fingerprint density at radius 3 is 2.39 bits per heavy atom. The summed E-state index contributed by atoms with van der Waals surface area (Å²) in [6.45, 7) is 5.85. The molecule has 3 aliphatic heterocycles. The van der Waals surface area contributed by atoms with Crippen LogP contribution in [0.15, 0.2) is 54.6 Å². The van der Waals surface area contributed by atoms with Gasteiger partial charge in [0, 0.05) is 39.1 Å². The molecular weight excluding hydrogens is 416 g/mol. The van der Waals surface area contributed by atoms with E-state index >= 15 is 0 Å². The first kappa shape index (κ1) is 21.6. The van der Waals surface area contributed by atoms with Crippen LogP contribution >= 0.6 is 0 Å². The summed E-state index contributed by atoms with van der Waals surface area (Å²) in [5.41, 5.74) is 1.67. The van der Waals surface area contributed by atoms with Crippen LogP contribution in [0.5, 0.6) is 0 Å². The summed E-state index contributed by atoms with van der Waals surface area (Å²) in [4.78, 5) is 46.9.